The number of nitrogens with two attached hydrogens (primary N) is 1. The van der Waals surface area contributed by atoms with Crippen LogP contribution >= 0.6 is 0 Å². The van der Waals surface area contributed by atoms with E-state index in [0.29, 0.717) is 18.1 Å². The van der Waals surface area contributed by atoms with Crippen LogP contribution in [0.25, 0.3) is 0 Å². The summed E-state index contributed by atoms with van der Waals surface area (Å²) in [5.41, 5.74) is 5.31. The average Bonchev–Trinajstić information content (AvgIpc) is 2.26. The third-order valence-electron chi connectivity index (χ3n) is 1.86. The fourth-order valence-electron chi connectivity index (χ4n) is 1.08. The van der Waals surface area contributed by atoms with Crippen molar-refractivity contribution >= 4 is 5.97 Å². The number of carboxylic acids is 1. The van der Waals surface area contributed by atoms with Gasteiger partial charge in [-0.25, -0.2) is 0 Å². The Morgan fingerprint density at radius 1 is 1.44 bits per heavy atom. The van der Waals surface area contributed by atoms with E-state index in [0.717, 1.165) is 0 Å². The van der Waals surface area contributed by atoms with Gasteiger partial charge in [-0.2, -0.15) is 0 Å². The second kappa shape index (κ2) is 5.97. The summed E-state index contributed by atoms with van der Waals surface area (Å²) >= 11 is 0. The lowest BCUT2D eigenvalue weighted by atomic mass is 10.3. The topological polar surface area (TPSA) is 81.8 Å². The summed E-state index contributed by atoms with van der Waals surface area (Å²) in [7, 11) is 0. The highest BCUT2D eigenvalue weighted by Crippen LogP contribution is 2.19. The molecule has 1 atom stereocenters. The quantitative estimate of drug-likeness (QED) is 0.750. The lowest BCUT2D eigenvalue weighted by molar-refractivity contribution is -0.139. The third kappa shape index (κ3) is 3.78. The molecule has 1 aromatic rings. The lowest BCUT2D eigenvalue weighted by Gasteiger charge is -2.10. The van der Waals surface area contributed by atoms with Crippen molar-refractivity contribution in [3.8, 4) is 11.5 Å². The summed E-state index contributed by atoms with van der Waals surface area (Å²) in [6.07, 6.45) is 0. The van der Waals surface area contributed by atoms with Gasteiger partial charge in [0.15, 0.2) is 0 Å². The van der Waals surface area contributed by atoms with E-state index >= 15 is 0 Å². The van der Waals surface area contributed by atoms with Crippen molar-refractivity contribution in [1.29, 1.82) is 0 Å². The minimum atomic E-state index is -1.08. The minimum absolute atomic E-state index is 0.0646. The molecular formula is C11H15NO4. The largest absolute Gasteiger partial charge is 0.494 e. The highest BCUT2D eigenvalue weighted by molar-refractivity contribution is 5.73. The molecule has 0 bridgehead atoms. The first kappa shape index (κ1) is 12.3. The van der Waals surface area contributed by atoms with Crippen LogP contribution in [0.1, 0.15) is 6.92 Å². The Morgan fingerprint density at radius 3 is 2.62 bits per heavy atom. The molecule has 0 radical (unpaired) electrons. The minimum Gasteiger partial charge on any atom is -0.494 e. The van der Waals surface area contributed by atoms with Crippen LogP contribution in [-0.4, -0.2) is 30.3 Å². The molecule has 88 valence electrons. The van der Waals surface area contributed by atoms with E-state index in [1.165, 1.54) is 0 Å². The second-order valence-electron chi connectivity index (χ2n) is 3.16. The van der Waals surface area contributed by atoms with Crippen molar-refractivity contribution < 1.29 is 19.4 Å². The van der Waals surface area contributed by atoms with E-state index in [9.17, 15) is 4.79 Å². The first-order valence-corrected chi connectivity index (χ1v) is 4.97. The predicted molar refractivity (Wildman–Crippen MR) is 58.7 cm³/mol. The van der Waals surface area contributed by atoms with Crippen molar-refractivity contribution in [2.24, 2.45) is 5.73 Å². The zero-order valence-corrected chi connectivity index (χ0v) is 9.05. The van der Waals surface area contributed by atoms with Gasteiger partial charge in [-0.1, -0.05) is 6.07 Å². The van der Waals surface area contributed by atoms with E-state index in [2.05, 4.69) is 0 Å². The average molecular weight is 225 g/mol. The molecule has 0 aliphatic carbocycles. The Morgan fingerprint density at radius 2 is 2.06 bits per heavy atom. The highest BCUT2D eigenvalue weighted by Gasteiger charge is 2.11. The molecule has 1 rings (SSSR count). The summed E-state index contributed by atoms with van der Waals surface area (Å²) in [5.74, 6) is 0.146. The molecular weight excluding hydrogens is 210 g/mol. The van der Waals surface area contributed by atoms with Crippen molar-refractivity contribution in [1.82, 2.24) is 0 Å². The molecule has 0 aromatic heterocycles. The van der Waals surface area contributed by atoms with Crippen molar-refractivity contribution in [2.75, 3.05) is 13.2 Å². The van der Waals surface area contributed by atoms with E-state index < -0.39 is 12.0 Å². The fourth-order valence-corrected chi connectivity index (χ4v) is 1.08. The van der Waals surface area contributed by atoms with E-state index in [4.69, 9.17) is 20.3 Å². The van der Waals surface area contributed by atoms with Gasteiger partial charge < -0.3 is 20.3 Å². The van der Waals surface area contributed by atoms with Crippen LogP contribution in [0.4, 0.5) is 0 Å². The van der Waals surface area contributed by atoms with Crippen molar-refractivity contribution in [3.05, 3.63) is 24.3 Å². The maximum absolute atomic E-state index is 10.5. The maximum atomic E-state index is 10.5. The monoisotopic (exact) mass is 225 g/mol. The summed E-state index contributed by atoms with van der Waals surface area (Å²) < 4.78 is 10.5. The van der Waals surface area contributed by atoms with Gasteiger partial charge in [0.05, 0.1) is 6.61 Å². The molecule has 0 heterocycles. The number of carbonyl (C=O) groups is 1. The molecule has 1 aromatic carbocycles. The van der Waals surface area contributed by atoms with Gasteiger partial charge in [0, 0.05) is 6.07 Å². The standard InChI is InChI=1S/C11H15NO4/c1-2-15-8-4-3-5-9(6-8)16-7-10(12)11(13)14/h3-6,10H,2,7,12H2,1H3,(H,13,14). The number of carboxylic acid groups (broad SMARTS) is 1. The summed E-state index contributed by atoms with van der Waals surface area (Å²) in [4.78, 5) is 10.5. The first-order chi connectivity index (χ1) is 7.63. The van der Waals surface area contributed by atoms with Crippen LogP contribution in [-0.2, 0) is 4.79 Å². The van der Waals surface area contributed by atoms with E-state index in [1.807, 2.05) is 6.92 Å². The number of aliphatic carboxylic acids is 1. The molecule has 3 N–H and O–H groups in total. The van der Waals surface area contributed by atoms with Gasteiger partial charge in [0.1, 0.15) is 24.1 Å². The van der Waals surface area contributed by atoms with Crippen LogP contribution in [0.3, 0.4) is 0 Å². The Kier molecular flexibility index (Phi) is 4.60. The Bertz CT molecular complexity index is 354. The zero-order valence-electron chi connectivity index (χ0n) is 9.05. The van der Waals surface area contributed by atoms with Gasteiger partial charge >= 0.3 is 5.97 Å². The number of rotatable bonds is 6. The zero-order chi connectivity index (χ0) is 12.0. The fraction of sp³-hybridized carbons (Fsp3) is 0.364. The smallest absolute Gasteiger partial charge is 0.324 e. The Labute approximate surface area is 93.8 Å². The number of benzene rings is 1. The molecule has 0 saturated carbocycles. The van der Waals surface area contributed by atoms with Crippen LogP contribution in [0, 0.1) is 0 Å². The molecule has 5 heteroatoms. The van der Waals surface area contributed by atoms with Crippen molar-refractivity contribution in [3.63, 3.8) is 0 Å². The van der Waals surface area contributed by atoms with Gasteiger partial charge in [-0.3, -0.25) is 4.79 Å². The highest BCUT2D eigenvalue weighted by atomic mass is 16.5. The third-order valence-corrected chi connectivity index (χ3v) is 1.86. The Hall–Kier alpha value is -1.75. The van der Waals surface area contributed by atoms with E-state index in [1.54, 1.807) is 24.3 Å². The summed E-state index contributed by atoms with van der Waals surface area (Å²) in [6, 6.07) is 5.96. The van der Waals surface area contributed by atoms with Crippen molar-refractivity contribution in [2.45, 2.75) is 13.0 Å². The normalized spacial score (nSPS) is 11.9. The molecule has 5 nitrogen and oxygen atoms in total. The van der Waals surface area contributed by atoms with Gasteiger partial charge in [-0.15, -0.1) is 0 Å². The molecule has 1 unspecified atom stereocenters. The second-order valence-corrected chi connectivity index (χ2v) is 3.16. The molecule has 0 saturated heterocycles. The summed E-state index contributed by atoms with van der Waals surface area (Å²) in [6.45, 7) is 2.39. The van der Waals surface area contributed by atoms with Gasteiger partial charge in [0.2, 0.25) is 0 Å². The summed E-state index contributed by atoms with van der Waals surface area (Å²) in [5, 5.41) is 8.57. The maximum Gasteiger partial charge on any atom is 0.324 e. The SMILES string of the molecule is CCOc1cccc(OCC(N)C(=O)O)c1. The molecule has 0 amide bonds. The molecule has 16 heavy (non-hydrogen) atoms. The molecule has 0 aliphatic rings. The lowest BCUT2D eigenvalue weighted by Crippen LogP contribution is -2.36. The predicted octanol–water partition coefficient (Wildman–Crippen LogP) is 0.876. The first-order valence-electron chi connectivity index (χ1n) is 4.97. The molecule has 0 aliphatic heterocycles. The number of hydrogen-bond donors (Lipinski definition) is 2. The van der Waals surface area contributed by atoms with Gasteiger partial charge in [-0.05, 0) is 19.1 Å². The molecule has 0 spiro atoms. The molecule has 0 fully saturated rings. The number of hydrogen-bond acceptors (Lipinski definition) is 4. The number of ether oxygens (including phenoxy) is 2. The van der Waals surface area contributed by atoms with Crippen LogP contribution < -0.4 is 15.2 Å². The van der Waals surface area contributed by atoms with Gasteiger partial charge in [0.25, 0.3) is 0 Å². The van der Waals surface area contributed by atoms with Crippen LogP contribution in [0.5, 0.6) is 11.5 Å². The van der Waals surface area contributed by atoms with E-state index in [-0.39, 0.29) is 6.61 Å². The Balaban J connectivity index is 2.53. The van der Waals surface area contributed by atoms with Crippen LogP contribution in [0.2, 0.25) is 0 Å². The van der Waals surface area contributed by atoms with Crippen LogP contribution in [0.15, 0.2) is 24.3 Å².